The van der Waals surface area contributed by atoms with Crippen LogP contribution in [-0.2, 0) is 4.79 Å². The second kappa shape index (κ2) is 5.11. The molecule has 2 nitrogen and oxygen atoms in total. The molecule has 1 aliphatic carbocycles. The van der Waals surface area contributed by atoms with E-state index < -0.39 is 0 Å². The summed E-state index contributed by atoms with van der Waals surface area (Å²) < 4.78 is 0. The number of allylic oxidation sites excluding steroid dienone is 2. The Balaban J connectivity index is 2.40. The SMILES string of the molecule is CC(C)CCCC1=CC(=O)C=CC1N. The van der Waals surface area contributed by atoms with E-state index in [0.717, 1.165) is 24.3 Å². The predicted octanol–water partition coefficient (Wildman–Crippen LogP) is 2.21. The molecule has 2 heteroatoms. The topological polar surface area (TPSA) is 43.1 Å². The minimum atomic E-state index is -0.0418. The van der Waals surface area contributed by atoms with E-state index in [1.165, 1.54) is 6.42 Å². The minimum absolute atomic E-state index is 0.0418. The van der Waals surface area contributed by atoms with Gasteiger partial charge < -0.3 is 5.73 Å². The molecule has 0 aromatic heterocycles. The average molecular weight is 193 g/mol. The Morgan fingerprint density at radius 2 is 2.21 bits per heavy atom. The summed E-state index contributed by atoms with van der Waals surface area (Å²) in [5.74, 6) is 0.799. The Labute approximate surface area is 85.9 Å². The molecule has 0 spiro atoms. The molecule has 1 rings (SSSR count). The van der Waals surface area contributed by atoms with Crippen molar-refractivity contribution in [3.05, 3.63) is 23.8 Å². The molecular weight excluding hydrogens is 174 g/mol. The van der Waals surface area contributed by atoms with Gasteiger partial charge in [0.05, 0.1) is 0 Å². The summed E-state index contributed by atoms with van der Waals surface area (Å²) in [6.07, 6.45) is 8.30. The van der Waals surface area contributed by atoms with Gasteiger partial charge in [-0.2, -0.15) is 0 Å². The zero-order valence-electron chi connectivity index (χ0n) is 8.99. The first-order valence-corrected chi connectivity index (χ1v) is 5.28. The molecule has 0 heterocycles. The quantitative estimate of drug-likeness (QED) is 0.743. The Hall–Kier alpha value is -0.890. The highest BCUT2D eigenvalue weighted by Crippen LogP contribution is 2.17. The van der Waals surface area contributed by atoms with E-state index in [1.807, 2.05) is 0 Å². The summed E-state index contributed by atoms with van der Waals surface area (Å²) in [7, 11) is 0. The molecule has 2 N–H and O–H groups in total. The van der Waals surface area contributed by atoms with E-state index in [2.05, 4.69) is 13.8 Å². The molecule has 0 aliphatic heterocycles. The third kappa shape index (κ3) is 3.46. The van der Waals surface area contributed by atoms with Crippen molar-refractivity contribution in [1.82, 2.24) is 0 Å². The van der Waals surface area contributed by atoms with Crippen molar-refractivity contribution in [3.63, 3.8) is 0 Å². The first kappa shape index (κ1) is 11.2. The number of rotatable bonds is 4. The highest BCUT2D eigenvalue weighted by Gasteiger charge is 2.12. The van der Waals surface area contributed by atoms with Crippen LogP contribution in [0.2, 0.25) is 0 Å². The molecule has 1 aliphatic rings. The Morgan fingerprint density at radius 1 is 1.50 bits per heavy atom. The highest BCUT2D eigenvalue weighted by atomic mass is 16.1. The van der Waals surface area contributed by atoms with Gasteiger partial charge in [-0.3, -0.25) is 4.79 Å². The molecule has 0 saturated heterocycles. The van der Waals surface area contributed by atoms with Gasteiger partial charge in [-0.25, -0.2) is 0 Å². The molecule has 0 fully saturated rings. The Morgan fingerprint density at radius 3 is 2.86 bits per heavy atom. The fraction of sp³-hybridized carbons (Fsp3) is 0.583. The maximum absolute atomic E-state index is 11.1. The summed E-state index contributed by atoms with van der Waals surface area (Å²) in [6.45, 7) is 4.42. The molecule has 0 bridgehead atoms. The molecule has 0 aromatic carbocycles. The van der Waals surface area contributed by atoms with Crippen LogP contribution < -0.4 is 5.73 Å². The van der Waals surface area contributed by atoms with Crippen LogP contribution in [0.15, 0.2) is 23.8 Å². The number of ketones is 1. The van der Waals surface area contributed by atoms with Gasteiger partial charge in [-0.15, -0.1) is 0 Å². The smallest absolute Gasteiger partial charge is 0.178 e. The van der Waals surface area contributed by atoms with Gasteiger partial charge >= 0.3 is 0 Å². The van der Waals surface area contributed by atoms with Gasteiger partial charge in [-0.1, -0.05) is 26.3 Å². The van der Waals surface area contributed by atoms with Gasteiger partial charge in [0.2, 0.25) is 0 Å². The van der Waals surface area contributed by atoms with Gasteiger partial charge in [0, 0.05) is 6.04 Å². The van der Waals surface area contributed by atoms with Crippen LogP contribution in [0.4, 0.5) is 0 Å². The van der Waals surface area contributed by atoms with Crippen molar-refractivity contribution in [2.45, 2.75) is 39.2 Å². The maximum Gasteiger partial charge on any atom is 0.178 e. The number of nitrogens with two attached hydrogens (primary N) is 1. The fourth-order valence-corrected chi connectivity index (χ4v) is 1.60. The Bertz CT molecular complexity index is 263. The second-order valence-corrected chi connectivity index (χ2v) is 4.29. The van der Waals surface area contributed by atoms with E-state index in [-0.39, 0.29) is 11.8 Å². The lowest BCUT2D eigenvalue weighted by Crippen LogP contribution is -2.23. The van der Waals surface area contributed by atoms with Gasteiger partial charge in [0.25, 0.3) is 0 Å². The average Bonchev–Trinajstić information content (AvgIpc) is 2.10. The molecule has 1 atom stereocenters. The lowest BCUT2D eigenvalue weighted by molar-refractivity contribution is -0.110. The van der Waals surface area contributed by atoms with Crippen LogP contribution in [0, 0.1) is 5.92 Å². The van der Waals surface area contributed by atoms with E-state index in [9.17, 15) is 4.79 Å². The summed E-state index contributed by atoms with van der Waals surface area (Å²) >= 11 is 0. The van der Waals surface area contributed by atoms with E-state index >= 15 is 0 Å². The molecule has 0 saturated carbocycles. The minimum Gasteiger partial charge on any atom is -0.321 e. The molecule has 0 amide bonds. The first-order chi connectivity index (χ1) is 6.59. The second-order valence-electron chi connectivity index (χ2n) is 4.29. The zero-order chi connectivity index (χ0) is 10.6. The van der Waals surface area contributed by atoms with Crippen LogP contribution in [0.3, 0.4) is 0 Å². The molecule has 14 heavy (non-hydrogen) atoms. The summed E-state index contributed by atoms with van der Waals surface area (Å²) in [6, 6.07) is -0.0418. The van der Waals surface area contributed by atoms with Gasteiger partial charge in [-0.05, 0) is 36.5 Å². The number of hydrogen-bond donors (Lipinski definition) is 1. The van der Waals surface area contributed by atoms with Gasteiger partial charge in [0.1, 0.15) is 0 Å². The zero-order valence-corrected chi connectivity index (χ0v) is 8.99. The van der Waals surface area contributed by atoms with Crippen molar-refractivity contribution in [2.24, 2.45) is 11.7 Å². The van der Waals surface area contributed by atoms with Crippen LogP contribution in [0.25, 0.3) is 0 Å². The van der Waals surface area contributed by atoms with Gasteiger partial charge in [0.15, 0.2) is 5.78 Å². The summed E-state index contributed by atoms with van der Waals surface area (Å²) in [5.41, 5.74) is 6.93. The Kier molecular flexibility index (Phi) is 4.08. The van der Waals surface area contributed by atoms with E-state index in [0.29, 0.717) is 0 Å². The van der Waals surface area contributed by atoms with E-state index in [4.69, 9.17) is 5.73 Å². The molecule has 0 radical (unpaired) electrons. The van der Waals surface area contributed by atoms with Crippen LogP contribution in [0.1, 0.15) is 33.1 Å². The van der Waals surface area contributed by atoms with Crippen molar-refractivity contribution in [3.8, 4) is 0 Å². The largest absolute Gasteiger partial charge is 0.321 e. The normalized spacial score (nSPS) is 21.6. The summed E-state index contributed by atoms with van der Waals surface area (Å²) in [4.78, 5) is 11.1. The standard InChI is InChI=1S/C12H19NO/c1-9(2)4-3-5-10-8-11(14)6-7-12(10)13/h6-9,12H,3-5,13H2,1-2H3. The van der Waals surface area contributed by atoms with Crippen molar-refractivity contribution in [1.29, 1.82) is 0 Å². The molecule has 1 unspecified atom stereocenters. The lowest BCUT2D eigenvalue weighted by Gasteiger charge is -2.15. The van der Waals surface area contributed by atoms with Crippen LogP contribution in [-0.4, -0.2) is 11.8 Å². The predicted molar refractivity (Wildman–Crippen MR) is 58.9 cm³/mol. The van der Waals surface area contributed by atoms with Crippen LogP contribution >= 0.6 is 0 Å². The van der Waals surface area contributed by atoms with Crippen molar-refractivity contribution < 1.29 is 4.79 Å². The van der Waals surface area contributed by atoms with E-state index in [1.54, 1.807) is 18.2 Å². The monoisotopic (exact) mass is 193 g/mol. The van der Waals surface area contributed by atoms with Crippen molar-refractivity contribution >= 4 is 5.78 Å². The third-order valence-corrected chi connectivity index (χ3v) is 2.47. The van der Waals surface area contributed by atoms with Crippen LogP contribution in [0.5, 0.6) is 0 Å². The lowest BCUT2D eigenvalue weighted by atomic mass is 9.94. The molecular formula is C12H19NO. The molecule has 0 aromatic rings. The maximum atomic E-state index is 11.1. The number of hydrogen-bond acceptors (Lipinski definition) is 2. The number of carbonyl (C=O) groups is 1. The third-order valence-electron chi connectivity index (χ3n) is 2.47. The fourth-order valence-electron chi connectivity index (χ4n) is 1.60. The first-order valence-electron chi connectivity index (χ1n) is 5.28. The summed E-state index contributed by atoms with van der Waals surface area (Å²) in [5, 5.41) is 0. The van der Waals surface area contributed by atoms with Crippen molar-refractivity contribution in [2.75, 3.05) is 0 Å². The molecule has 78 valence electrons. The highest BCUT2D eigenvalue weighted by molar-refractivity contribution is 6.01. The number of carbonyl (C=O) groups excluding carboxylic acids is 1.